The Morgan fingerprint density at radius 3 is 1.82 bits per heavy atom. The predicted molar refractivity (Wildman–Crippen MR) is 40.8 cm³/mol. The van der Waals surface area contributed by atoms with Gasteiger partial charge in [-0.3, -0.25) is 0 Å². The van der Waals surface area contributed by atoms with E-state index >= 15 is 0 Å². The van der Waals surface area contributed by atoms with Crippen molar-refractivity contribution in [1.82, 2.24) is 0 Å². The highest BCUT2D eigenvalue weighted by molar-refractivity contribution is 7.85. The molecular formula is C7H8O3S. The molecule has 0 radical (unpaired) electrons. The van der Waals surface area contributed by atoms with Gasteiger partial charge < -0.3 is 4.55 Å². The molecule has 0 spiro atoms. The minimum atomic E-state index is -4.25. The van der Waals surface area contributed by atoms with Crippen LogP contribution in [0.15, 0.2) is 35.2 Å². The fraction of sp³-hybridized carbons (Fsp3) is 0. The maximum absolute atomic E-state index is 10.3. The molecule has 0 unspecified atom stereocenters. The van der Waals surface area contributed by atoms with E-state index in [0.29, 0.717) is 0 Å². The van der Waals surface area contributed by atoms with Gasteiger partial charge in [-0.2, -0.15) is 0 Å². The fourth-order valence-corrected chi connectivity index (χ4v) is 1.08. The summed E-state index contributed by atoms with van der Waals surface area (Å²) in [5.74, 6) is 0. The van der Waals surface area contributed by atoms with Crippen molar-refractivity contribution in [2.45, 2.75) is 4.90 Å². The molecule has 0 aromatic heterocycles. The SMILES string of the molecule is O=S(=O)([O-])c1ccccc1.[CH3+]. The van der Waals surface area contributed by atoms with Crippen LogP contribution in [0.3, 0.4) is 0 Å². The lowest BCUT2D eigenvalue weighted by Gasteiger charge is -2.04. The van der Waals surface area contributed by atoms with Gasteiger partial charge in [-0.25, -0.2) is 8.42 Å². The highest BCUT2D eigenvalue weighted by Gasteiger charge is 1.95. The second-order valence-electron chi connectivity index (χ2n) is 1.77. The summed E-state index contributed by atoms with van der Waals surface area (Å²) in [6, 6.07) is 7.19. The smallest absolute Gasteiger partial charge is 0.124 e. The largest absolute Gasteiger partial charge is 0.744 e. The number of rotatable bonds is 1. The minimum Gasteiger partial charge on any atom is -0.744 e. The molecule has 0 saturated heterocycles. The van der Waals surface area contributed by atoms with E-state index < -0.39 is 10.1 Å². The summed E-state index contributed by atoms with van der Waals surface area (Å²) in [5.41, 5.74) is 0. The van der Waals surface area contributed by atoms with Crippen LogP contribution in [-0.2, 0) is 10.1 Å². The van der Waals surface area contributed by atoms with Gasteiger partial charge in [0.2, 0.25) is 0 Å². The van der Waals surface area contributed by atoms with Gasteiger partial charge in [0.1, 0.15) is 10.1 Å². The van der Waals surface area contributed by atoms with Gasteiger partial charge in [0, 0.05) is 7.43 Å². The number of benzene rings is 1. The molecule has 0 bridgehead atoms. The Morgan fingerprint density at radius 2 is 1.55 bits per heavy atom. The van der Waals surface area contributed by atoms with E-state index in [9.17, 15) is 13.0 Å². The van der Waals surface area contributed by atoms with Crippen LogP contribution in [0.1, 0.15) is 0 Å². The molecule has 0 aliphatic rings. The quantitative estimate of drug-likeness (QED) is 0.469. The fourth-order valence-electron chi connectivity index (χ4n) is 0.587. The maximum atomic E-state index is 10.3. The van der Waals surface area contributed by atoms with Gasteiger partial charge in [0.05, 0.1) is 4.90 Å². The average Bonchev–Trinajstić information content (AvgIpc) is 1.88. The van der Waals surface area contributed by atoms with Crippen LogP contribution < -0.4 is 0 Å². The van der Waals surface area contributed by atoms with Gasteiger partial charge in [0.25, 0.3) is 0 Å². The summed E-state index contributed by atoms with van der Waals surface area (Å²) in [4.78, 5) is -0.185. The van der Waals surface area contributed by atoms with E-state index in [2.05, 4.69) is 0 Å². The molecule has 3 nitrogen and oxygen atoms in total. The minimum absolute atomic E-state index is 0. The van der Waals surface area contributed by atoms with Crippen molar-refractivity contribution in [2.75, 3.05) is 0 Å². The Morgan fingerprint density at radius 1 is 1.09 bits per heavy atom. The van der Waals surface area contributed by atoms with Crippen LogP contribution in [0.2, 0.25) is 0 Å². The molecule has 4 heteroatoms. The van der Waals surface area contributed by atoms with Crippen LogP contribution in [0.5, 0.6) is 0 Å². The average molecular weight is 172 g/mol. The normalized spacial score (nSPS) is 10.3. The first-order chi connectivity index (χ1) is 4.61. The predicted octanol–water partition coefficient (Wildman–Crippen LogP) is 1.04. The molecule has 0 fully saturated rings. The maximum Gasteiger partial charge on any atom is 0.124 e. The molecule has 0 atom stereocenters. The molecule has 11 heavy (non-hydrogen) atoms. The lowest BCUT2D eigenvalue weighted by atomic mass is 10.4. The van der Waals surface area contributed by atoms with E-state index in [4.69, 9.17) is 0 Å². The van der Waals surface area contributed by atoms with Crippen molar-refractivity contribution >= 4 is 10.1 Å². The first-order valence-electron chi connectivity index (χ1n) is 2.61. The third-order valence-corrected chi connectivity index (χ3v) is 1.88. The summed E-state index contributed by atoms with van der Waals surface area (Å²) in [6.07, 6.45) is 0. The van der Waals surface area contributed by atoms with Crippen LogP contribution in [0.4, 0.5) is 0 Å². The molecular weight excluding hydrogens is 164 g/mol. The van der Waals surface area contributed by atoms with Crippen molar-refractivity contribution in [2.24, 2.45) is 0 Å². The summed E-state index contributed by atoms with van der Waals surface area (Å²) in [6.45, 7) is 0. The third-order valence-electron chi connectivity index (χ3n) is 1.03. The van der Waals surface area contributed by atoms with E-state index in [1.165, 1.54) is 24.3 Å². The second kappa shape index (κ2) is 3.41. The van der Waals surface area contributed by atoms with Gasteiger partial charge in [-0.15, -0.1) is 0 Å². The lowest BCUT2D eigenvalue weighted by molar-refractivity contribution is 0.463. The first-order valence-corrected chi connectivity index (χ1v) is 4.02. The van der Waals surface area contributed by atoms with E-state index in [0.717, 1.165) is 0 Å². The summed E-state index contributed by atoms with van der Waals surface area (Å²) in [7, 11) is -4.25. The molecule has 0 heterocycles. The molecule has 0 amide bonds. The van der Waals surface area contributed by atoms with E-state index in [1.54, 1.807) is 6.07 Å². The van der Waals surface area contributed by atoms with Gasteiger partial charge in [-0.1, -0.05) is 18.2 Å². The lowest BCUT2D eigenvalue weighted by Crippen LogP contribution is -1.96. The molecule has 0 N–H and O–H groups in total. The zero-order chi connectivity index (χ0) is 7.61. The monoisotopic (exact) mass is 172 g/mol. The molecule has 0 aliphatic heterocycles. The van der Waals surface area contributed by atoms with Crippen molar-refractivity contribution in [3.63, 3.8) is 0 Å². The van der Waals surface area contributed by atoms with Crippen molar-refractivity contribution in [3.8, 4) is 0 Å². The molecule has 0 saturated carbocycles. The van der Waals surface area contributed by atoms with Crippen molar-refractivity contribution in [1.29, 1.82) is 0 Å². The Bertz CT molecular complexity index is 302. The molecule has 1 aromatic rings. The molecule has 1 rings (SSSR count). The summed E-state index contributed by atoms with van der Waals surface area (Å²) in [5, 5.41) is 0. The molecule has 0 aliphatic carbocycles. The van der Waals surface area contributed by atoms with Crippen molar-refractivity contribution in [3.05, 3.63) is 37.8 Å². The zero-order valence-corrected chi connectivity index (χ0v) is 6.84. The Balaban J connectivity index is 0.000001000. The summed E-state index contributed by atoms with van der Waals surface area (Å²) >= 11 is 0. The van der Waals surface area contributed by atoms with Gasteiger partial charge in [0.15, 0.2) is 0 Å². The van der Waals surface area contributed by atoms with Gasteiger partial charge >= 0.3 is 0 Å². The second-order valence-corrected chi connectivity index (χ2v) is 3.15. The number of hydrogen-bond donors (Lipinski definition) is 0. The Kier molecular flexibility index (Phi) is 3.10. The van der Waals surface area contributed by atoms with Crippen LogP contribution >= 0.6 is 0 Å². The highest BCUT2D eigenvalue weighted by Crippen LogP contribution is 2.04. The molecule has 60 valence electrons. The Labute approximate surface area is 66.4 Å². The van der Waals surface area contributed by atoms with E-state index in [1.807, 2.05) is 0 Å². The topological polar surface area (TPSA) is 57.2 Å². The zero-order valence-electron chi connectivity index (χ0n) is 6.02. The molecule has 1 aromatic carbocycles. The van der Waals surface area contributed by atoms with E-state index in [-0.39, 0.29) is 12.3 Å². The third kappa shape index (κ3) is 2.61. The van der Waals surface area contributed by atoms with Crippen LogP contribution in [-0.4, -0.2) is 13.0 Å². The first kappa shape index (κ1) is 10.0. The number of hydrogen-bond acceptors (Lipinski definition) is 3. The van der Waals surface area contributed by atoms with Crippen LogP contribution in [0.25, 0.3) is 0 Å². The van der Waals surface area contributed by atoms with Gasteiger partial charge in [-0.05, 0) is 12.1 Å². The highest BCUT2D eigenvalue weighted by atomic mass is 32.2. The standard InChI is InChI=1S/C6H6O3S.CH3/c7-10(8,9)6-4-2-1-3-5-6;/h1-5H,(H,7,8,9);1H3/q;+1/p-1. The Hall–Kier alpha value is -1.00. The van der Waals surface area contributed by atoms with Crippen molar-refractivity contribution < 1.29 is 13.0 Å². The summed E-state index contributed by atoms with van der Waals surface area (Å²) < 4.78 is 30.8. The van der Waals surface area contributed by atoms with Crippen LogP contribution in [0, 0.1) is 7.43 Å².